The molecule has 0 fully saturated rings. The summed E-state index contributed by atoms with van der Waals surface area (Å²) in [4.78, 5) is 10.7. The van der Waals surface area contributed by atoms with Gasteiger partial charge in [0.25, 0.3) is 0 Å². The van der Waals surface area contributed by atoms with Crippen molar-refractivity contribution in [1.82, 2.24) is 15.8 Å². The molecule has 3 N–H and O–H groups in total. The van der Waals surface area contributed by atoms with Gasteiger partial charge in [-0.15, -0.1) is 0 Å². The third-order valence-electron chi connectivity index (χ3n) is 4.49. The maximum atomic E-state index is 6.11. The lowest BCUT2D eigenvalue weighted by Gasteiger charge is -2.19. The van der Waals surface area contributed by atoms with Gasteiger partial charge >= 0.3 is 0 Å². The number of nitrogens with two attached hydrogens (primary N) is 1. The molecule has 0 aliphatic heterocycles. The highest BCUT2D eigenvalue weighted by molar-refractivity contribution is 6.01. The van der Waals surface area contributed by atoms with Gasteiger partial charge < -0.3 is 5.73 Å². The van der Waals surface area contributed by atoms with E-state index in [-0.39, 0.29) is 17.6 Å². The van der Waals surface area contributed by atoms with E-state index in [1.807, 2.05) is 91.9 Å². The molecule has 1 heterocycles. The number of amidine groups is 1. The Balaban J connectivity index is 1.66. The van der Waals surface area contributed by atoms with Gasteiger partial charge in [0.15, 0.2) is 17.3 Å². The average molecular weight is 399 g/mol. The van der Waals surface area contributed by atoms with E-state index in [1.165, 1.54) is 0 Å². The third-order valence-corrected chi connectivity index (χ3v) is 4.49. The number of hydroxylamine groups is 1. The molecule has 3 aromatic carbocycles. The number of nitrogens with zero attached hydrogens (tertiary/aromatic N) is 3. The standard InChI is InChI=1S/C23H21N5O2/c1-16-12-14-19(15-13-16)25-23(20-22(24)27-30-26-20)28-29-21(17-8-4-2-5-9-17)18-10-6-3-7-11-18/h2-15,21H,1H3,(H2,24,27)(H,25,28). The monoisotopic (exact) mass is 399 g/mol. The summed E-state index contributed by atoms with van der Waals surface area (Å²) in [5, 5.41) is 7.52. The van der Waals surface area contributed by atoms with Crippen LogP contribution < -0.4 is 11.2 Å². The minimum Gasteiger partial charge on any atom is -0.379 e. The maximum Gasteiger partial charge on any atom is 0.199 e. The van der Waals surface area contributed by atoms with Crippen molar-refractivity contribution in [3.8, 4) is 0 Å². The van der Waals surface area contributed by atoms with E-state index < -0.39 is 0 Å². The molecule has 0 radical (unpaired) electrons. The van der Waals surface area contributed by atoms with E-state index in [9.17, 15) is 0 Å². The van der Waals surface area contributed by atoms with Crippen LogP contribution in [0.3, 0.4) is 0 Å². The van der Waals surface area contributed by atoms with Gasteiger partial charge in [0.2, 0.25) is 0 Å². The molecule has 0 atom stereocenters. The van der Waals surface area contributed by atoms with E-state index >= 15 is 0 Å². The minimum absolute atomic E-state index is 0.118. The molecule has 7 nitrogen and oxygen atoms in total. The molecule has 150 valence electrons. The first-order valence-electron chi connectivity index (χ1n) is 9.46. The van der Waals surface area contributed by atoms with Crippen molar-refractivity contribution in [1.29, 1.82) is 0 Å². The Morgan fingerprint density at radius 2 is 1.50 bits per heavy atom. The van der Waals surface area contributed by atoms with Crippen LogP contribution in [-0.4, -0.2) is 16.1 Å². The summed E-state index contributed by atoms with van der Waals surface area (Å²) in [7, 11) is 0. The number of aliphatic imine (C=N–C) groups is 1. The molecule has 0 saturated carbocycles. The molecule has 4 aromatic rings. The van der Waals surface area contributed by atoms with Crippen LogP contribution in [0.2, 0.25) is 0 Å². The first-order valence-corrected chi connectivity index (χ1v) is 9.46. The molecule has 4 rings (SSSR count). The second kappa shape index (κ2) is 9.02. The summed E-state index contributed by atoms with van der Waals surface area (Å²) in [6, 6.07) is 27.5. The summed E-state index contributed by atoms with van der Waals surface area (Å²) in [5.74, 6) is 0.419. The Bertz CT molecular complexity index is 1070. The third kappa shape index (κ3) is 4.53. The van der Waals surface area contributed by atoms with E-state index in [0.717, 1.165) is 16.7 Å². The quantitative estimate of drug-likeness (QED) is 0.284. The fraction of sp³-hybridized carbons (Fsp3) is 0.0870. The molecule has 1 aromatic heterocycles. The topological polar surface area (TPSA) is 98.6 Å². The van der Waals surface area contributed by atoms with Crippen molar-refractivity contribution in [2.24, 2.45) is 4.99 Å². The summed E-state index contributed by atoms with van der Waals surface area (Å²) < 4.78 is 4.76. The van der Waals surface area contributed by atoms with Gasteiger partial charge in [0.05, 0.1) is 5.69 Å². The number of hydrogen-bond acceptors (Lipinski definition) is 6. The van der Waals surface area contributed by atoms with Crippen LogP contribution in [0.4, 0.5) is 11.5 Å². The van der Waals surface area contributed by atoms with Gasteiger partial charge in [-0.05, 0) is 40.5 Å². The summed E-state index contributed by atoms with van der Waals surface area (Å²) in [5.41, 5.74) is 12.9. The van der Waals surface area contributed by atoms with E-state index in [1.54, 1.807) is 0 Å². The summed E-state index contributed by atoms with van der Waals surface area (Å²) >= 11 is 0. The van der Waals surface area contributed by atoms with Gasteiger partial charge in [-0.2, -0.15) is 0 Å². The number of aryl methyl sites for hydroxylation is 1. The zero-order chi connectivity index (χ0) is 20.8. The number of benzene rings is 3. The Morgan fingerprint density at radius 3 is 2.03 bits per heavy atom. The van der Waals surface area contributed by atoms with Crippen molar-refractivity contribution in [2.75, 3.05) is 5.73 Å². The summed E-state index contributed by atoms with van der Waals surface area (Å²) in [6.45, 7) is 2.01. The highest BCUT2D eigenvalue weighted by Gasteiger charge is 2.19. The highest BCUT2D eigenvalue weighted by Crippen LogP contribution is 2.25. The van der Waals surface area contributed by atoms with Gasteiger partial charge in [-0.1, -0.05) is 78.4 Å². The Labute approximate surface area is 174 Å². The average Bonchev–Trinajstić information content (AvgIpc) is 3.22. The molecule has 0 bridgehead atoms. The zero-order valence-electron chi connectivity index (χ0n) is 16.4. The lowest BCUT2D eigenvalue weighted by atomic mass is 10.0. The predicted octanol–water partition coefficient (Wildman–Crippen LogP) is 4.35. The normalized spacial score (nSPS) is 11.6. The number of aromatic nitrogens is 2. The van der Waals surface area contributed by atoms with Gasteiger partial charge in [-0.3, -0.25) is 4.84 Å². The fourth-order valence-corrected chi connectivity index (χ4v) is 2.93. The minimum atomic E-state index is -0.378. The van der Waals surface area contributed by atoms with Crippen LogP contribution in [-0.2, 0) is 4.84 Å². The number of nitrogens with one attached hydrogen (secondary N) is 1. The molecular formula is C23H21N5O2. The predicted molar refractivity (Wildman–Crippen MR) is 115 cm³/mol. The number of hydrogen-bond donors (Lipinski definition) is 2. The van der Waals surface area contributed by atoms with E-state index in [0.29, 0.717) is 11.5 Å². The van der Waals surface area contributed by atoms with Crippen molar-refractivity contribution in [2.45, 2.75) is 13.0 Å². The van der Waals surface area contributed by atoms with E-state index in [4.69, 9.17) is 15.2 Å². The molecule has 0 aliphatic carbocycles. The van der Waals surface area contributed by atoms with Crippen molar-refractivity contribution in [3.63, 3.8) is 0 Å². The molecule has 0 amide bonds. The SMILES string of the molecule is Cc1ccc(N=C(NOC(c2ccccc2)c2ccccc2)c2nonc2N)cc1. The molecule has 0 saturated heterocycles. The molecule has 7 heteroatoms. The highest BCUT2D eigenvalue weighted by atomic mass is 16.7. The van der Waals surface area contributed by atoms with Crippen molar-refractivity contribution < 1.29 is 9.47 Å². The Kier molecular flexibility index (Phi) is 5.82. The van der Waals surface area contributed by atoms with Crippen LogP contribution in [0.25, 0.3) is 0 Å². The Morgan fingerprint density at radius 1 is 0.900 bits per heavy atom. The van der Waals surface area contributed by atoms with Crippen LogP contribution in [0.1, 0.15) is 28.5 Å². The largest absolute Gasteiger partial charge is 0.379 e. The van der Waals surface area contributed by atoms with Crippen LogP contribution >= 0.6 is 0 Å². The molecular weight excluding hydrogens is 378 g/mol. The molecule has 30 heavy (non-hydrogen) atoms. The second-order valence-corrected chi connectivity index (χ2v) is 6.72. The maximum absolute atomic E-state index is 6.11. The second-order valence-electron chi connectivity index (χ2n) is 6.72. The number of rotatable bonds is 6. The number of anilines is 1. The van der Waals surface area contributed by atoms with Crippen LogP contribution in [0.15, 0.2) is 94.6 Å². The van der Waals surface area contributed by atoms with Crippen LogP contribution in [0, 0.1) is 6.92 Å². The van der Waals surface area contributed by atoms with Gasteiger partial charge in [0, 0.05) is 0 Å². The lowest BCUT2D eigenvalue weighted by Crippen LogP contribution is -2.28. The van der Waals surface area contributed by atoms with Gasteiger partial charge in [-0.25, -0.2) is 15.1 Å². The van der Waals surface area contributed by atoms with Crippen LogP contribution in [0.5, 0.6) is 0 Å². The van der Waals surface area contributed by atoms with Crippen molar-refractivity contribution >= 4 is 17.3 Å². The first-order chi connectivity index (χ1) is 14.7. The van der Waals surface area contributed by atoms with Gasteiger partial charge in [0.1, 0.15) is 6.10 Å². The lowest BCUT2D eigenvalue weighted by molar-refractivity contribution is 0.0339. The smallest absolute Gasteiger partial charge is 0.199 e. The molecule has 0 aliphatic rings. The van der Waals surface area contributed by atoms with Crippen molar-refractivity contribution in [3.05, 3.63) is 107 Å². The Hall–Kier alpha value is -3.97. The van der Waals surface area contributed by atoms with E-state index in [2.05, 4.69) is 20.8 Å². The molecule has 0 unspecified atom stereocenters. The zero-order valence-corrected chi connectivity index (χ0v) is 16.4. The first kappa shape index (κ1) is 19.4. The summed E-state index contributed by atoms with van der Waals surface area (Å²) in [6.07, 6.45) is -0.378. The fourth-order valence-electron chi connectivity index (χ4n) is 2.93. The number of nitrogen functional groups attached to an aromatic ring is 1. The molecule has 0 spiro atoms.